The molecule has 1 unspecified atom stereocenters. The summed E-state index contributed by atoms with van der Waals surface area (Å²) in [5.74, 6) is 1.39. The Labute approximate surface area is 148 Å². The first-order valence-electron chi connectivity index (χ1n) is 10.3. The molecule has 0 aromatic carbocycles. The van der Waals surface area contributed by atoms with Gasteiger partial charge in [0.05, 0.1) is 7.11 Å². The number of ketones is 1. The number of carbonyl (C=O) groups is 2. The van der Waals surface area contributed by atoms with E-state index in [1.165, 1.54) is 52.1 Å². The van der Waals surface area contributed by atoms with Crippen LogP contribution in [0.15, 0.2) is 0 Å². The summed E-state index contributed by atoms with van der Waals surface area (Å²) >= 11 is 0. The normalized spacial score (nSPS) is 20.5. The van der Waals surface area contributed by atoms with Gasteiger partial charge in [-0.3, -0.25) is 9.59 Å². The van der Waals surface area contributed by atoms with Crippen LogP contribution in [0.4, 0.5) is 0 Å². The number of esters is 1. The number of hydrogen-bond acceptors (Lipinski definition) is 3. The molecule has 1 aliphatic carbocycles. The van der Waals surface area contributed by atoms with Crippen LogP contribution in [-0.2, 0) is 14.3 Å². The number of methoxy groups -OCH3 is 1. The lowest BCUT2D eigenvalue weighted by atomic mass is 9.86. The Kier molecular flexibility index (Phi) is 11.9. The molecule has 0 radical (unpaired) electrons. The van der Waals surface area contributed by atoms with Crippen LogP contribution in [0, 0.1) is 11.8 Å². The molecule has 0 spiro atoms. The molecule has 0 aromatic rings. The van der Waals surface area contributed by atoms with E-state index in [1.807, 2.05) is 0 Å². The molecule has 2 atom stereocenters. The summed E-state index contributed by atoms with van der Waals surface area (Å²) < 4.78 is 4.65. The van der Waals surface area contributed by atoms with E-state index in [0.29, 0.717) is 24.0 Å². The maximum atomic E-state index is 12.1. The van der Waals surface area contributed by atoms with Gasteiger partial charge in [-0.05, 0) is 31.6 Å². The highest BCUT2D eigenvalue weighted by atomic mass is 16.5. The van der Waals surface area contributed by atoms with Crippen LogP contribution in [0.25, 0.3) is 0 Å². The summed E-state index contributed by atoms with van der Waals surface area (Å²) in [5.41, 5.74) is 0. The fourth-order valence-corrected chi connectivity index (χ4v) is 4.00. The van der Waals surface area contributed by atoms with Crippen LogP contribution in [0.1, 0.15) is 103 Å². The molecule has 0 heterocycles. The second-order valence-electron chi connectivity index (χ2n) is 7.46. The number of ether oxygens (including phenoxy) is 1. The van der Waals surface area contributed by atoms with Crippen LogP contribution >= 0.6 is 0 Å². The zero-order valence-corrected chi connectivity index (χ0v) is 16.0. The molecule has 0 amide bonds. The number of Topliss-reactive ketones (excluding diaryl/α,β-unsaturated/α-hetero) is 1. The lowest BCUT2D eigenvalue weighted by Gasteiger charge is -2.18. The van der Waals surface area contributed by atoms with E-state index in [2.05, 4.69) is 11.7 Å². The average molecular weight is 339 g/mol. The number of carbonyl (C=O) groups excluding carboxylic acids is 2. The highest BCUT2D eigenvalue weighted by molar-refractivity contribution is 5.83. The smallest absolute Gasteiger partial charge is 0.305 e. The van der Waals surface area contributed by atoms with E-state index >= 15 is 0 Å². The first-order valence-corrected chi connectivity index (χ1v) is 10.3. The molecule has 1 fully saturated rings. The van der Waals surface area contributed by atoms with Gasteiger partial charge in [0, 0.05) is 18.8 Å². The van der Waals surface area contributed by atoms with Gasteiger partial charge in [0.15, 0.2) is 0 Å². The predicted molar refractivity (Wildman–Crippen MR) is 98.9 cm³/mol. The van der Waals surface area contributed by atoms with E-state index < -0.39 is 0 Å². The van der Waals surface area contributed by atoms with Gasteiger partial charge in [-0.15, -0.1) is 0 Å². The summed E-state index contributed by atoms with van der Waals surface area (Å²) in [4.78, 5) is 23.2. The van der Waals surface area contributed by atoms with E-state index in [9.17, 15) is 9.59 Å². The highest BCUT2D eigenvalue weighted by Crippen LogP contribution is 2.36. The van der Waals surface area contributed by atoms with Crippen molar-refractivity contribution in [3.8, 4) is 0 Å². The lowest BCUT2D eigenvalue weighted by molar-refractivity contribution is -0.140. The minimum atomic E-state index is -0.111. The van der Waals surface area contributed by atoms with E-state index in [4.69, 9.17) is 0 Å². The third-order valence-electron chi connectivity index (χ3n) is 5.55. The largest absolute Gasteiger partial charge is 0.469 e. The molecule has 24 heavy (non-hydrogen) atoms. The topological polar surface area (TPSA) is 43.4 Å². The molecule has 3 nitrogen and oxygen atoms in total. The molecular weight excluding hydrogens is 300 g/mol. The number of unbranched alkanes of at least 4 members (excludes halogenated alkanes) is 8. The summed E-state index contributed by atoms with van der Waals surface area (Å²) in [7, 11) is 1.44. The molecule has 0 saturated heterocycles. The van der Waals surface area contributed by atoms with Crippen molar-refractivity contribution in [3.63, 3.8) is 0 Å². The van der Waals surface area contributed by atoms with Gasteiger partial charge in [0.25, 0.3) is 0 Å². The Hall–Kier alpha value is -0.860. The van der Waals surface area contributed by atoms with Gasteiger partial charge < -0.3 is 4.74 Å². The molecule has 0 aliphatic heterocycles. The maximum absolute atomic E-state index is 12.1. The van der Waals surface area contributed by atoms with Crippen molar-refractivity contribution in [1.29, 1.82) is 0 Å². The lowest BCUT2D eigenvalue weighted by Crippen LogP contribution is -2.15. The summed E-state index contributed by atoms with van der Waals surface area (Å²) in [6, 6.07) is 0. The van der Waals surface area contributed by atoms with Gasteiger partial charge in [0.1, 0.15) is 5.78 Å². The summed E-state index contributed by atoms with van der Waals surface area (Å²) in [6.07, 6.45) is 17.1. The number of hydrogen-bond donors (Lipinski definition) is 0. The molecule has 1 rings (SSSR count). The Morgan fingerprint density at radius 2 is 1.58 bits per heavy atom. The van der Waals surface area contributed by atoms with Crippen molar-refractivity contribution in [3.05, 3.63) is 0 Å². The highest BCUT2D eigenvalue weighted by Gasteiger charge is 2.33. The Balaban J connectivity index is 2.10. The SMILES string of the molecule is CCCCCCCCC1CCC(=O)[C@@H]1CCCCCCC(=O)OC. The Bertz CT molecular complexity index is 351. The molecule has 0 aromatic heterocycles. The van der Waals surface area contributed by atoms with E-state index in [1.54, 1.807) is 0 Å². The van der Waals surface area contributed by atoms with Crippen molar-refractivity contribution in [2.45, 2.75) is 103 Å². The van der Waals surface area contributed by atoms with Crippen LogP contribution in [0.2, 0.25) is 0 Å². The average Bonchev–Trinajstić information content (AvgIpc) is 2.94. The predicted octanol–water partition coefficient (Wildman–Crippen LogP) is 5.85. The van der Waals surface area contributed by atoms with Crippen molar-refractivity contribution >= 4 is 11.8 Å². The van der Waals surface area contributed by atoms with Crippen LogP contribution in [-0.4, -0.2) is 18.9 Å². The second-order valence-corrected chi connectivity index (χ2v) is 7.46. The van der Waals surface area contributed by atoms with Gasteiger partial charge in [-0.2, -0.15) is 0 Å². The maximum Gasteiger partial charge on any atom is 0.305 e. The minimum Gasteiger partial charge on any atom is -0.469 e. The third kappa shape index (κ3) is 8.84. The van der Waals surface area contributed by atoms with E-state index in [0.717, 1.165) is 44.9 Å². The molecule has 0 N–H and O–H groups in total. The fourth-order valence-electron chi connectivity index (χ4n) is 4.00. The standard InChI is InChI=1S/C21H38O3/c1-3-4-5-6-7-10-13-18-16-17-20(22)19(18)14-11-8-9-12-15-21(23)24-2/h18-19H,3-17H2,1-2H3/t18?,19-/m1/s1. The zero-order chi connectivity index (χ0) is 17.6. The molecule has 140 valence electrons. The zero-order valence-electron chi connectivity index (χ0n) is 16.0. The Morgan fingerprint density at radius 1 is 0.958 bits per heavy atom. The minimum absolute atomic E-state index is 0.111. The van der Waals surface area contributed by atoms with Crippen molar-refractivity contribution in [2.24, 2.45) is 11.8 Å². The van der Waals surface area contributed by atoms with Gasteiger partial charge in [-0.1, -0.05) is 64.7 Å². The summed E-state index contributed by atoms with van der Waals surface area (Å²) in [5, 5.41) is 0. The second kappa shape index (κ2) is 13.4. The van der Waals surface area contributed by atoms with Crippen LogP contribution in [0.5, 0.6) is 0 Å². The third-order valence-corrected chi connectivity index (χ3v) is 5.55. The van der Waals surface area contributed by atoms with Gasteiger partial charge in [-0.25, -0.2) is 0 Å². The molecule has 1 saturated carbocycles. The van der Waals surface area contributed by atoms with E-state index in [-0.39, 0.29) is 5.97 Å². The number of rotatable bonds is 14. The summed E-state index contributed by atoms with van der Waals surface area (Å²) in [6.45, 7) is 2.25. The Morgan fingerprint density at radius 3 is 2.29 bits per heavy atom. The van der Waals surface area contributed by atoms with Crippen molar-refractivity contribution in [2.75, 3.05) is 7.11 Å². The van der Waals surface area contributed by atoms with Gasteiger partial charge >= 0.3 is 5.97 Å². The fraction of sp³-hybridized carbons (Fsp3) is 0.905. The quantitative estimate of drug-likeness (QED) is 0.295. The monoisotopic (exact) mass is 338 g/mol. The molecule has 1 aliphatic rings. The van der Waals surface area contributed by atoms with Crippen molar-refractivity contribution in [1.82, 2.24) is 0 Å². The molecule has 3 heteroatoms. The van der Waals surface area contributed by atoms with Gasteiger partial charge in [0.2, 0.25) is 0 Å². The van der Waals surface area contributed by atoms with Crippen LogP contribution < -0.4 is 0 Å². The first kappa shape index (κ1) is 21.2. The van der Waals surface area contributed by atoms with Crippen LogP contribution in [0.3, 0.4) is 0 Å². The van der Waals surface area contributed by atoms with Crippen molar-refractivity contribution < 1.29 is 14.3 Å². The molecular formula is C21H38O3. The first-order chi connectivity index (χ1) is 11.7. The molecule has 0 bridgehead atoms.